The van der Waals surface area contributed by atoms with Gasteiger partial charge in [0.25, 0.3) is 3.79 Å². The highest BCUT2D eigenvalue weighted by Crippen LogP contribution is 2.31. The molecular weight excluding hydrogens is 400 g/mol. The molecule has 0 fully saturated rings. The molecule has 0 aliphatic carbocycles. The van der Waals surface area contributed by atoms with Gasteiger partial charge in [-0.1, -0.05) is 50.7 Å². The highest BCUT2D eigenvalue weighted by atomic mass is 79.9. The third-order valence-electron chi connectivity index (χ3n) is 2.86. The van der Waals surface area contributed by atoms with E-state index in [1.54, 1.807) is 31.3 Å². The maximum absolute atomic E-state index is 12.4. The molecule has 0 radical (unpaired) electrons. The monoisotopic (exact) mass is 407 g/mol. The van der Waals surface area contributed by atoms with Crippen LogP contribution >= 0.6 is 50.7 Å². The highest BCUT2D eigenvalue weighted by Gasteiger charge is 2.34. The van der Waals surface area contributed by atoms with Crippen molar-refractivity contribution in [2.45, 2.75) is 3.79 Å². The predicted octanol–water partition coefficient (Wildman–Crippen LogP) is 4.57. The minimum absolute atomic E-state index is 0.162. The van der Waals surface area contributed by atoms with Gasteiger partial charge < -0.3 is 4.57 Å². The number of Topliss-reactive ketones (excluding diaryl/α,β-unsaturated/α-hetero) is 1. The number of ketones is 2. The Bertz CT molecular complexity index is 702. The average molecular weight is 409 g/mol. The number of alkyl halides is 3. The topological polar surface area (TPSA) is 39.1 Å². The summed E-state index contributed by atoms with van der Waals surface area (Å²) in [7, 11) is 1.61. The van der Waals surface area contributed by atoms with Gasteiger partial charge in [0.05, 0.1) is 5.69 Å². The lowest BCUT2D eigenvalue weighted by Gasteiger charge is -2.09. The second-order valence-corrected chi connectivity index (χ2v) is 7.58. The molecule has 1 aromatic carbocycles. The molecule has 2 rings (SSSR count). The Labute approximate surface area is 144 Å². The zero-order valence-corrected chi connectivity index (χ0v) is 14.6. The summed E-state index contributed by atoms with van der Waals surface area (Å²) in [4.78, 5) is 24.3. The van der Waals surface area contributed by atoms with Crippen LogP contribution < -0.4 is 0 Å². The van der Waals surface area contributed by atoms with Crippen LogP contribution in [0.5, 0.6) is 0 Å². The standard InChI is InChI=1S/C14H9BrCl3NO2/c1-19-7-9(6-11(19)13(21)14(16,17)18)12(20)8-2-4-10(15)5-3-8/h2-7H,1H3. The number of rotatable bonds is 3. The third kappa shape index (κ3) is 3.69. The lowest BCUT2D eigenvalue weighted by Crippen LogP contribution is -2.21. The zero-order chi connectivity index (χ0) is 15.8. The molecule has 110 valence electrons. The van der Waals surface area contributed by atoms with E-state index in [0.717, 1.165) is 4.47 Å². The normalized spacial score (nSPS) is 11.5. The molecule has 21 heavy (non-hydrogen) atoms. The number of nitrogens with zero attached hydrogens (tertiary/aromatic N) is 1. The number of carbonyl (C=O) groups excluding carboxylic acids is 2. The molecule has 0 atom stereocenters. The summed E-state index contributed by atoms with van der Waals surface area (Å²) in [6.07, 6.45) is 1.54. The number of aromatic nitrogens is 1. The number of halogens is 4. The Morgan fingerprint density at radius 2 is 1.67 bits per heavy atom. The fourth-order valence-electron chi connectivity index (χ4n) is 1.83. The minimum atomic E-state index is -2.05. The summed E-state index contributed by atoms with van der Waals surface area (Å²) < 4.78 is 0.291. The first kappa shape index (κ1) is 16.6. The van der Waals surface area contributed by atoms with Crippen molar-refractivity contribution in [1.29, 1.82) is 0 Å². The van der Waals surface area contributed by atoms with E-state index >= 15 is 0 Å². The molecule has 0 spiro atoms. The molecule has 7 heteroatoms. The highest BCUT2D eigenvalue weighted by molar-refractivity contribution is 9.10. The molecular formula is C14H9BrCl3NO2. The molecule has 0 saturated heterocycles. The number of carbonyl (C=O) groups is 2. The van der Waals surface area contributed by atoms with Crippen molar-refractivity contribution < 1.29 is 9.59 Å². The summed E-state index contributed by atoms with van der Waals surface area (Å²) in [5, 5.41) is 0. The van der Waals surface area contributed by atoms with Gasteiger partial charge in [0.1, 0.15) is 0 Å². The van der Waals surface area contributed by atoms with Gasteiger partial charge in [0.15, 0.2) is 5.78 Å². The fraction of sp³-hybridized carbons (Fsp3) is 0.143. The fourth-order valence-corrected chi connectivity index (χ4v) is 2.38. The Morgan fingerprint density at radius 3 is 2.19 bits per heavy atom. The van der Waals surface area contributed by atoms with E-state index in [2.05, 4.69) is 15.9 Å². The lowest BCUT2D eigenvalue weighted by molar-refractivity contribution is 0.0988. The van der Waals surface area contributed by atoms with Crippen LogP contribution in [0.15, 0.2) is 41.0 Å². The van der Waals surface area contributed by atoms with Gasteiger partial charge in [-0.15, -0.1) is 0 Å². The molecule has 0 N–H and O–H groups in total. The molecule has 0 saturated carbocycles. The van der Waals surface area contributed by atoms with Crippen LogP contribution in [0.25, 0.3) is 0 Å². The van der Waals surface area contributed by atoms with Crippen molar-refractivity contribution in [3.8, 4) is 0 Å². The van der Waals surface area contributed by atoms with E-state index < -0.39 is 9.58 Å². The number of aryl methyl sites for hydroxylation is 1. The first-order valence-electron chi connectivity index (χ1n) is 5.78. The van der Waals surface area contributed by atoms with Gasteiger partial charge in [-0.05, 0) is 30.3 Å². The van der Waals surface area contributed by atoms with E-state index in [-0.39, 0.29) is 11.5 Å². The van der Waals surface area contributed by atoms with Crippen LogP contribution in [-0.4, -0.2) is 19.9 Å². The summed E-state index contributed by atoms with van der Waals surface area (Å²) in [5.41, 5.74) is 1.03. The molecule has 0 unspecified atom stereocenters. The van der Waals surface area contributed by atoms with Crippen molar-refractivity contribution in [2.24, 2.45) is 7.05 Å². The Morgan fingerprint density at radius 1 is 1.10 bits per heavy atom. The second kappa shape index (κ2) is 6.13. The van der Waals surface area contributed by atoms with Crippen molar-refractivity contribution >= 4 is 62.3 Å². The molecule has 1 heterocycles. The van der Waals surface area contributed by atoms with Crippen LogP contribution in [0.3, 0.4) is 0 Å². The van der Waals surface area contributed by atoms with Gasteiger partial charge in [0.2, 0.25) is 5.78 Å². The first-order valence-corrected chi connectivity index (χ1v) is 7.71. The van der Waals surface area contributed by atoms with E-state index in [1.165, 1.54) is 16.8 Å². The van der Waals surface area contributed by atoms with Gasteiger partial charge in [-0.3, -0.25) is 9.59 Å². The van der Waals surface area contributed by atoms with E-state index in [0.29, 0.717) is 11.1 Å². The Balaban J connectivity index is 2.36. The molecule has 0 amide bonds. The molecule has 1 aromatic heterocycles. The molecule has 0 aliphatic heterocycles. The molecule has 0 bridgehead atoms. The Kier molecular flexibility index (Phi) is 4.83. The SMILES string of the molecule is Cn1cc(C(=O)c2ccc(Br)cc2)cc1C(=O)C(Cl)(Cl)Cl. The number of benzene rings is 1. The van der Waals surface area contributed by atoms with Crippen molar-refractivity contribution in [2.75, 3.05) is 0 Å². The predicted molar refractivity (Wildman–Crippen MR) is 87.6 cm³/mol. The lowest BCUT2D eigenvalue weighted by atomic mass is 10.1. The van der Waals surface area contributed by atoms with Crippen LogP contribution in [0.4, 0.5) is 0 Å². The Hall–Kier alpha value is -0.810. The largest absolute Gasteiger partial charge is 0.347 e. The van der Waals surface area contributed by atoms with Crippen molar-refractivity contribution in [3.63, 3.8) is 0 Å². The maximum atomic E-state index is 12.4. The molecule has 2 aromatic rings. The zero-order valence-electron chi connectivity index (χ0n) is 10.7. The average Bonchev–Trinajstić information content (AvgIpc) is 2.79. The van der Waals surface area contributed by atoms with E-state index in [1.807, 2.05) is 0 Å². The van der Waals surface area contributed by atoms with E-state index in [9.17, 15) is 9.59 Å². The number of hydrogen-bond acceptors (Lipinski definition) is 2. The summed E-state index contributed by atoms with van der Waals surface area (Å²) in [6, 6.07) is 8.34. The minimum Gasteiger partial charge on any atom is -0.347 e. The van der Waals surface area contributed by atoms with E-state index in [4.69, 9.17) is 34.8 Å². The van der Waals surface area contributed by atoms with Gasteiger partial charge in [-0.2, -0.15) is 0 Å². The third-order valence-corrected chi connectivity index (χ3v) is 3.91. The van der Waals surface area contributed by atoms with Crippen LogP contribution in [0.1, 0.15) is 26.4 Å². The molecule has 0 aliphatic rings. The second-order valence-electron chi connectivity index (χ2n) is 4.39. The first-order chi connectivity index (χ1) is 9.70. The maximum Gasteiger partial charge on any atom is 0.255 e. The van der Waals surface area contributed by atoms with Gasteiger partial charge >= 0.3 is 0 Å². The van der Waals surface area contributed by atoms with Crippen molar-refractivity contribution in [3.05, 3.63) is 57.8 Å². The van der Waals surface area contributed by atoms with Gasteiger partial charge in [-0.25, -0.2) is 0 Å². The van der Waals surface area contributed by atoms with Gasteiger partial charge in [0, 0.05) is 28.8 Å². The quantitative estimate of drug-likeness (QED) is 0.550. The van der Waals surface area contributed by atoms with Crippen LogP contribution in [0, 0.1) is 0 Å². The number of hydrogen-bond donors (Lipinski definition) is 0. The van der Waals surface area contributed by atoms with Crippen LogP contribution in [-0.2, 0) is 7.05 Å². The summed E-state index contributed by atoms with van der Waals surface area (Å²) in [5.74, 6) is -0.883. The summed E-state index contributed by atoms with van der Waals surface area (Å²) in [6.45, 7) is 0. The smallest absolute Gasteiger partial charge is 0.255 e. The van der Waals surface area contributed by atoms with Crippen molar-refractivity contribution in [1.82, 2.24) is 4.57 Å². The van der Waals surface area contributed by atoms with Crippen LogP contribution in [0.2, 0.25) is 0 Å². The summed E-state index contributed by atoms with van der Waals surface area (Å²) >= 11 is 20.1. The molecule has 3 nitrogen and oxygen atoms in total.